The summed E-state index contributed by atoms with van der Waals surface area (Å²) in [7, 11) is -1.98. The third-order valence-corrected chi connectivity index (χ3v) is 11.9. The van der Waals surface area contributed by atoms with E-state index in [1.807, 2.05) is 20.8 Å². The van der Waals surface area contributed by atoms with E-state index in [0.29, 0.717) is 12.3 Å². The van der Waals surface area contributed by atoms with Gasteiger partial charge in [0, 0.05) is 10.3 Å². The van der Waals surface area contributed by atoms with Crippen molar-refractivity contribution in [3.63, 3.8) is 0 Å². The Kier molecular flexibility index (Phi) is 7.14. The first-order valence-electron chi connectivity index (χ1n) is 10.2. The molecule has 0 aromatic heterocycles. The summed E-state index contributed by atoms with van der Waals surface area (Å²) in [6, 6.07) is -0.00126. The summed E-state index contributed by atoms with van der Waals surface area (Å²) < 4.78 is 12.7. The van der Waals surface area contributed by atoms with Gasteiger partial charge in [0.25, 0.3) is 0 Å². The van der Waals surface area contributed by atoms with E-state index in [9.17, 15) is 9.59 Å². The number of nitrogens with zero attached hydrogens (tertiary/aromatic N) is 1. The van der Waals surface area contributed by atoms with E-state index in [1.165, 1.54) is 0 Å². The van der Waals surface area contributed by atoms with Crippen molar-refractivity contribution in [2.75, 3.05) is 11.0 Å². The Morgan fingerprint density at radius 3 is 2.29 bits per heavy atom. The standard InChI is InChI=1S/C21H36INO4Si/c1-12(2)11-26-20(25)18-15(10-22)13(3)17-16(19(24)23(17)18)14(4)27-28(8,9)21(5,6)7/h12-14,16-17H,10-11H2,1-9H3/t13-,14+,16+,17?/m0/s1. The van der Waals surface area contributed by atoms with Crippen LogP contribution in [0.5, 0.6) is 0 Å². The smallest absolute Gasteiger partial charge is 0.355 e. The minimum absolute atomic E-state index is 0.000550. The van der Waals surface area contributed by atoms with Crippen LogP contribution in [0.25, 0.3) is 0 Å². The molecule has 1 saturated heterocycles. The number of β-lactam (4-membered cyclic amide) rings is 1. The quantitative estimate of drug-likeness (QED) is 0.159. The SMILES string of the molecule is CC(C)COC(=O)C1=C(CI)[C@H](C)C2[C@@H]([C@@H](C)O[Si](C)(C)C(C)(C)C)C(=O)N12. The van der Waals surface area contributed by atoms with Gasteiger partial charge in [-0.3, -0.25) is 4.79 Å². The molecule has 0 aromatic carbocycles. The molecule has 28 heavy (non-hydrogen) atoms. The lowest BCUT2D eigenvalue weighted by Crippen LogP contribution is -2.65. The fourth-order valence-electron chi connectivity index (χ4n) is 3.82. The number of carbonyl (C=O) groups is 2. The van der Waals surface area contributed by atoms with Crippen molar-refractivity contribution in [3.05, 3.63) is 11.3 Å². The number of hydrogen-bond acceptors (Lipinski definition) is 4. The summed E-state index contributed by atoms with van der Waals surface area (Å²) in [5.74, 6) is -0.150. The topological polar surface area (TPSA) is 55.8 Å². The fourth-order valence-corrected chi connectivity index (χ4v) is 6.31. The normalized spacial score (nSPS) is 26.5. The minimum Gasteiger partial charge on any atom is -0.461 e. The van der Waals surface area contributed by atoms with Crippen LogP contribution in [0.4, 0.5) is 0 Å². The third-order valence-electron chi connectivity index (χ3n) is 6.47. The van der Waals surface area contributed by atoms with Gasteiger partial charge in [0.05, 0.1) is 24.7 Å². The van der Waals surface area contributed by atoms with Crippen molar-refractivity contribution in [1.29, 1.82) is 0 Å². The molecule has 5 nitrogen and oxygen atoms in total. The Bertz CT molecular complexity index is 668. The largest absolute Gasteiger partial charge is 0.461 e. The molecule has 2 rings (SSSR count). The molecule has 1 fully saturated rings. The van der Waals surface area contributed by atoms with Crippen molar-refractivity contribution in [1.82, 2.24) is 4.90 Å². The van der Waals surface area contributed by atoms with Gasteiger partial charge in [0.15, 0.2) is 8.32 Å². The molecular weight excluding hydrogens is 485 g/mol. The highest BCUT2D eigenvalue weighted by Crippen LogP contribution is 2.49. The second kappa shape index (κ2) is 8.38. The van der Waals surface area contributed by atoms with E-state index in [0.717, 1.165) is 10.0 Å². The van der Waals surface area contributed by atoms with Crippen LogP contribution in [0.2, 0.25) is 18.1 Å². The van der Waals surface area contributed by atoms with Crippen molar-refractivity contribution in [2.24, 2.45) is 17.8 Å². The highest BCUT2D eigenvalue weighted by Gasteiger charge is 2.60. The van der Waals surface area contributed by atoms with Gasteiger partial charge in [-0.2, -0.15) is 0 Å². The lowest BCUT2D eigenvalue weighted by molar-refractivity contribution is -0.163. The molecule has 0 N–H and O–H groups in total. The van der Waals surface area contributed by atoms with Crippen LogP contribution in [0.3, 0.4) is 0 Å². The maximum absolute atomic E-state index is 13.1. The van der Waals surface area contributed by atoms with Crippen LogP contribution in [-0.2, 0) is 18.8 Å². The van der Waals surface area contributed by atoms with Gasteiger partial charge in [-0.25, -0.2) is 4.79 Å². The average Bonchev–Trinajstić information content (AvgIpc) is 2.79. The van der Waals surface area contributed by atoms with Gasteiger partial charge in [0.1, 0.15) is 5.70 Å². The molecule has 0 aromatic rings. The minimum atomic E-state index is -1.98. The lowest BCUT2D eigenvalue weighted by Gasteiger charge is -2.50. The van der Waals surface area contributed by atoms with Gasteiger partial charge in [0.2, 0.25) is 5.91 Å². The Balaban J connectivity index is 2.21. The molecule has 160 valence electrons. The Hall–Kier alpha value is -0.413. The monoisotopic (exact) mass is 521 g/mol. The molecule has 1 amide bonds. The first-order chi connectivity index (χ1) is 12.7. The summed E-state index contributed by atoms with van der Waals surface area (Å²) in [4.78, 5) is 27.5. The third kappa shape index (κ3) is 4.21. The molecule has 0 aliphatic carbocycles. The number of ether oxygens (including phenoxy) is 1. The van der Waals surface area contributed by atoms with E-state index in [2.05, 4.69) is 63.4 Å². The maximum Gasteiger partial charge on any atom is 0.355 e. The second-order valence-electron chi connectivity index (χ2n) is 10.1. The molecule has 0 bridgehead atoms. The zero-order chi connectivity index (χ0) is 21.6. The van der Waals surface area contributed by atoms with E-state index in [-0.39, 0.29) is 46.8 Å². The van der Waals surface area contributed by atoms with Crippen LogP contribution in [0, 0.1) is 17.8 Å². The molecule has 4 atom stereocenters. The van der Waals surface area contributed by atoms with Crippen molar-refractivity contribution < 1.29 is 18.8 Å². The molecule has 2 heterocycles. The molecule has 2 aliphatic heterocycles. The summed E-state index contributed by atoms with van der Waals surface area (Å²) in [6.07, 6.45) is -0.154. The molecule has 2 aliphatic rings. The van der Waals surface area contributed by atoms with Crippen molar-refractivity contribution >= 4 is 42.8 Å². The van der Waals surface area contributed by atoms with Crippen molar-refractivity contribution in [3.8, 4) is 0 Å². The average molecular weight is 522 g/mol. The summed E-state index contributed by atoms with van der Waals surface area (Å²) >= 11 is 2.28. The highest BCUT2D eigenvalue weighted by molar-refractivity contribution is 14.1. The van der Waals surface area contributed by atoms with E-state index >= 15 is 0 Å². The maximum atomic E-state index is 13.1. The van der Waals surface area contributed by atoms with E-state index < -0.39 is 8.32 Å². The van der Waals surface area contributed by atoms with Crippen LogP contribution in [0.1, 0.15) is 48.5 Å². The van der Waals surface area contributed by atoms with Gasteiger partial charge in [-0.05, 0) is 36.5 Å². The van der Waals surface area contributed by atoms with Crippen molar-refractivity contribution in [2.45, 2.75) is 78.7 Å². The molecule has 0 spiro atoms. The highest BCUT2D eigenvalue weighted by atomic mass is 127. The lowest BCUT2D eigenvalue weighted by atomic mass is 9.78. The predicted octanol–water partition coefficient (Wildman–Crippen LogP) is 4.76. The number of hydrogen-bond donors (Lipinski definition) is 0. The first kappa shape index (κ1) is 23.9. The Labute approximate surface area is 184 Å². The molecule has 0 radical (unpaired) electrons. The molecule has 1 unspecified atom stereocenters. The van der Waals surface area contributed by atoms with Crippen LogP contribution in [0.15, 0.2) is 11.3 Å². The number of carbonyl (C=O) groups excluding carboxylic acids is 2. The van der Waals surface area contributed by atoms with Gasteiger partial charge in [-0.1, -0.05) is 64.1 Å². The Morgan fingerprint density at radius 2 is 1.82 bits per heavy atom. The van der Waals surface area contributed by atoms with Crippen LogP contribution in [-0.4, -0.2) is 48.3 Å². The first-order valence-corrected chi connectivity index (χ1v) is 14.6. The number of fused-ring (bicyclic) bond motifs is 1. The number of amides is 1. The summed E-state index contributed by atoms with van der Waals surface area (Å²) in [5, 5.41) is 0.0897. The van der Waals surface area contributed by atoms with Gasteiger partial charge < -0.3 is 14.1 Å². The molecule has 7 heteroatoms. The number of halogens is 1. The number of rotatable bonds is 7. The van der Waals surface area contributed by atoms with Crippen LogP contribution >= 0.6 is 22.6 Å². The summed E-state index contributed by atoms with van der Waals surface area (Å²) in [6.45, 7) is 19.6. The van der Waals surface area contributed by atoms with E-state index in [4.69, 9.17) is 9.16 Å². The second-order valence-corrected chi connectivity index (χ2v) is 15.6. The fraction of sp³-hybridized carbons (Fsp3) is 0.810. The Morgan fingerprint density at radius 1 is 1.25 bits per heavy atom. The number of esters is 1. The predicted molar refractivity (Wildman–Crippen MR) is 123 cm³/mol. The molecular formula is C21H36INO4Si. The number of alkyl halides is 1. The summed E-state index contributed by atoms with van der Waals surface area (Å²) in [5.41, 5.74) is 1.50. The molecule has 0 saturated carbocycles. The van der Waals surface area contributed by atoms with Gasteiger partial charge in [-0.15, -0.1) is 0 Å². The van der Waals surface area contributed by atoms with E-state index in [1.54, 1.807) is 4.90 Å². The zero-order valence-electron chi connectivity index (χ0n) is 18.8. The van der Waals surface area contributed by atoms with Gasteiger partial charge >= 0.3 is 5.97 Å². The zero-order valence-corrected chi connectivity index (χ0v) is 21.9. The van der Waals surface area contributed by atoms with Crippen LogP contribution < -0.4 is 0 Å².